The maximum absolute atomic E-state index is 12.1. The Labute approximate surface area is 141 Å². The molecule has 1 aromatic carbocycles. The van der Waals surface area contributed by atoms with Crippen molar-refractivity contribution in [2.45, 2.75) is 19.5 Å². The number of benzene rings is 1. The summed E-state index contributed by atoms with van der Waals surface area (Å²) in [5, 5.41) is 2.90. The van der Waals surface area contributed by atoms with Crippen LogP contribution in [0.1, 0.15) is 12.0 Å². The molecule has 0 atom stereocenters. The van der Waals surface area contributed by atoms with Crippen LogP contribution in [-0.2, 0) is 11.2 Å². The van der Waals surface area contributed by atoms with Crippen molar-refractivity contribution in [2.24, 2.45) is 0 Å². The van der Waals surface area contributed by atoms with Crippen LogP contribution in [-0.4, -0.2) is 68.6 Å². The highest BCUT2D eigenvalue weighted by Crippen LogP contribution is 2.15. The van der Waals surface area contributed by atoms with Gasteiger partial charge in [-0.05, 0) is 37.7 Å². The first-order valence-corrected chi connectivity index (χ1v) is 8.24. The van der Waals surface area contributed by atoms with Gasteiger partial charge in [-0.1, -0.05) is 12.1 Å². The quantitative estimate of drug-likeness (QED) is 0.730. The second-order valence-electron chi connectivity index (χ2n) is 6.05. The highest BCUT2D eigenvalue weighted by Gasteiger charge is 2.13. The average Bonchev–Trinajstić information content (AvgIpc) is 2.55. The molecular weight excluding hydrogens is 316 g/mol. The zero-order valence-corrected chi connectivity index (χ0v) is 14.0. The predicted octanol–water partition coefficient (Wildman–Crippen LogP) is 1.58. The Morgan fingerprint density at radius 1 is 1.21 bits per heavy atom. The normalized spacial score (nSPS) is 16.3. The van der Waals surface area contributed by atoms with Crippen molar-refractivity contribution in [2.75, 3.05) is 46.3 Å². The van der Waals surface area contributed by atoms with Gasteiger partial charge >= 0.3 is 6.61 Å². The molecule has 24 heavy (non-hydrogen) atoms. The monoisotopic (exact) mass is 341 g/mol. The van der Waals surface area contributed by atoms with Gasteiger partial charge in [0.15, 0.2) is 0 Å². The highest BCUT2D eigenvalue weighted by molar-refractivity contribution is 5.78. The molecule has 7 heteroatoms. The number of nitrogens with one attached hydrogen (secondary N) is 1. The molecule has 1 aliphatic heterocycles. The van der Waals surface area contributed by atoms with Crippen LogP contribution in [0.25, 0.3) is 0 Å². The number of amides is 1. The van der Waals surface area contributed by atoms with Gasteiger partial charge in [0.1, 0.15) is 5.75 Å². The van der Waals surface area contributed by atoms with Gasteiger partial charge in [0, 0.05) is 32.7 Å². The molecule has 1 fully saturated rings. The number of carbonyl (C=O) groups excluding carboxylic acids is 1. The fourth-order valence-electron chi connectivity index (χ4n) is 2.64. The molecule has 0 bridgehead atoms. The van der Waals surface area contributed by atoms with Crippen molar-refractivity contribution >= 4 is 5.91 Å². The maximum atomic E-state index is 12.1. The second kappa shape index (κ2) is 9.54. The van der Waals surface area contributed by atoms with Crippen molar-refractivity contribution in [1.82, 2.24) is 15.1 Å². The maximum Gasteiger partial charge on any atom is 0.387 e. The van der Waals surface area contributed by atoms with Crippen LogP contribution in [0.3, 0.4) is 0 Å². The molecule has 1 N–H and O–H groups in total. The number of likely N-dealkylation sites (N-methyl/N-ethyl adjacent to an activating group) is 1. The van der Waals surface area contributed by atoms with Crippen molar-refractivity contribution in [1.29, 1.82) is 0 Å². The molecule has 0 aliphatic carbocycles. The Hall–Kier alpha value is -1.73. The Morgan fingerprint density at radius 3 is 2.50 bits per heavy atom. The molecule has 1 aliphatic rings. The van der Waals surface area contributed by atoms with Crippen LogP contribution < -0.4 is 10.1 Å². The standard InChI is InChI=1S/C17H25F2N3O2/c1-21-9-11-22(12-10-21)8-2-7-20-16(23)13-14-3-5-15(6-4-14)24-17(18)19/h3-6,17H,2,7-13H2,1H3,(H,20,23). The fourth-order valence-corrected chi connectivity index (χ4v) is 2.64. The summed E-state index contributed by atoms with van der Waals surface area (Å²) in [6.45, 7) is 3.16. The number of halogens is 2. The van der Waals surface area contributed by atoms with E-state index in [0.29, 0.717) is 6.54 Å². The number of carbonyl (C=O) groups is 1. The van der Waals surface area contributed by atoms with Crippen molar-refractivity contribution < 1.29 is 18.3 Å². The number of piperazine rings is 1. The minimum atomic E-state index is -2.83. The molecule has 134 valence electrons. The van der Waals surface area contributed by atoms with Gasteiger partial charge in [-0.3, -0.25) is 4.79 Å². The molecule has 0 radical (unpaired) electrons. The van der Waals surface area contributed by atoms with Crippen LogP contribution in [0.2, 0.25) is 0 Å². The fraction of sp³-hybridized carbons (Fsp3) is 0.588. The van der Waals surface area contributed by atoms with Gasteiger partial charge in [-0.25, -0.2) is 0 Å². The van der Waals surface area contributed by atoms with E-state index < -0.39 is 6.61 Å². The van der Waals surface area contributed by atoms with Gasteiger partial charge in [0.05, 0.1) is 6.42 Å². The van der Waals surface area contributed by atoms with Gasteiger partial charge < -0.3 is 19.9 Å². The minimum Gasteiger partial charge on any atom is -0.435 e. The third-order valence-electron chi connectivity index (χ3n) is 4.08. The Balaban J connectivity index is 1.61. The molecule has 1 amide bonds. The van der Waals surface area contributed by atoms with E-state index in [2.05, 4.69) is 26.9 Å². The summed E-state index contributed by atoms with van der Waals surface area (Å²) in [6.07, 6.45) is 1.17. The van der Waals surface area contributed by atoms with Crippen LogP contribution in [0.5, 0.6) is 5.75 Å². The van der Waals surface area contributed by atoms with Gasteiger partial charge in [0.25, 0.3) is 0 Å². The Morgan fingerprint density at radius 2 is 1.88 bits per heavy atom. The van der Waals surface area contributed by atoms with E-state index in [4.69, 9.17) is 0 Å². The van der Waals surface area contributed by atoms with Crippen LogP contribution in [0.15, 0.2) is 24.3 Å². The number of hydrogen-bond donors (Lipinski definition) is 1. The van der Waals surface area contributed by atoms with Crippen molar-refractivity contribution in [3.05, 3.63) is 29.8 Å². The largest absolute Gasteiger partial charge is 0.435 e. The number of hydrogen-bond acceptors (Lipinski definition) is 4. The molecule has 1 saturated heterocycles. The lowest BCUT2D eigenvalue weighted by molar-refractivity contribution is -0.120. The average molecular weight is 341 g/mol. The lowest BCUT2D eigenvalue weighted by Gasteiger charge is -2.32. The van der Waals surface area contributed by atoms with Gasteiger partial charge in [-0.15, -0.1) is 0 Å². The van der Waals surface area contributed by atoms with Crippen molar-refractivity contribution in [3.63, 3.8) is 0 Å². The van der Waals surface area contributed by atoms with E-state index in [1.165, 1.54) is 12.1 Å². The smallest absolute Gasteiger partial charge is 0.387 e. The van der Waals surface area contributed by atoms with E-state index in [1.54, 1.807) is 12.1 Å². The summed E-state index contributed by atoms with van der Waals surface area (Å²) in [5.74, 6) is 0.0391. The van der Waals surface area contributed by atoms with E-state index >= 15 is 0 Å². The lowest BCUT2D eigenvalue weighted by atomic mass is 10.1. The SMILES string of the molecule is CN1CCN(CCCNC(=O)Cc2ccc(OC(F)F)cc2)CC1. The topological polar surface area (TPSA) is 44.8 Å². The Bertz CT molecular complexity index is 503. The summed E-state index contributed by atoms with van der Waals surface area (Å²) in [5.41, 5.74) is 0.771. The summed E-state index contributed by atoms with van der Waals surface area (Å²) < 4.78 is 28.4. The van der Waals surface area contributed by atoms with Crippen LogP contribution in [0.4, 0.5) is 8.78 Å². The molecule has 5 nitrogen and oxygen atoms in total. The third-order valence-corrected chi connectivity index (χ3v) is 4.08. The highest BCUT2D eigenvalue weighted by atomic mass is 19.3. The summed E-state index contributed by atoms with van der Waals surface area (Å²) in [6, 6.07) is 6.15. The minimum absolute atomic E-state index is 0.0593. The zero-order valence-electron chi connectivity index (χ0n) is 14.0. The van der Waals surface area contributed by atoms with Gasteiger partial charge in [-0.2, -0.15) is 8.78 Å². The second-order valence-corrected chi connectivity index (χ2v) is 6.05. The third kappa shape index (κ3) is 6.80. The zero-order chi connectivity index (χ0) is 17.4. The first kappa shape index (κ1) is 18.6. The number of rotatable bonds is 8. The van der Waals surface area contributed by atoms with E-state index in [0.717, 1.165) is 44.7 Å². The molecule has 0 aromatic heterocycles. The molecular formula is C17H25F2N3O2. The van der Waals surface area contributed by atoms with Crippen LogP contribution in [0, 0.1) is 0 Å². The van der Waals surface area contributed by atoms with E-state index in [9.17, 15) is 13.6 Å². The summed E-state index contributed by atoms with van der Waals surface area (Å²) in [7, 11) is 2.13. The van der Waals surface area contributed by atoms with Gasteiger partial charge in [0.2, 0.25) is 5.91 Å². The number of ether oxygens (including phenoxy) is 1. The summed E-state index contributed by atoms with van der Waals surface area (Å²) in [4.78, 5) is 16.6. The van der Waals surface area contributed by atoms with E-state index in [1.807, 2.05) is 0 Å². The number of alkyl halides is 2. The number of nitrogens with zero attached hydrogens (tertiary/aromatic N) is 2. The lowest BCUT2D eigenvalue weighted by Crippen LogP contribution is -2.45. The first-order valence-electron chi connectivity index (χ1n) is 8.24. The van der Waals surface area contributed by atoms with E-state index in [-0.39, 0.29) is 18.1 Å². The molecule has 0 unspecified atom stereocenters. The molecule has 0 saturated carbocycles. The molecule has 0 spiro atoms. The molecule has 1 heterocycles. The first-order chi connectivity index (χ1) is 11.5. The molecule has 2 rings (SSSR count). The Kier molecular flexibility index (Phi) is 7.39. The summed E-state index contributed by atoms with van der Waals surface area (Å²) >= 11 is 0. The molecule has 1 aromatic rings. The van der Waals surface area contributed by atoms with Crippen LogP contribution >= 0.6 is 0 Å². The van der Waals surface area contributed by atoms with Crippen molar-refractivity contribution in [3.8, 4) is 5.75 Å². The predicted molar refractivity (Wildman–Crippen MR) is 88.3 cm³/mol.